The fraction of sp³-hybridized carbons (Fsp3) is 0.933. The maximum absolute atomic E-state index is 11.9. The van der Waals surface area contributed by atoms with Crippen molar-refractivity contribution in [3.8, 4) is 0 Å². The summed E-state index contributed by atoms with van der Waals surface area (Å²) in [5.74, 6) is 1.86. The van der Waals surface area contributed by atoms with Gasteiger partial charge in [0.1, 0.15) is 5.78 Å². The van der Waals surface area contributed by atoms with E-state index in [1.807, 2.05) is 0 Å². The summed E-state index contributed by atoms with van der Waals surface area (Å²) in [5.41, 5.74) is 5.58. The molecule has 1 unspecified atom stereocenters. The summed E-state index contributed by atoms with van der Waals surface area (Å²) in [4.78, 5) is 11.9. The lowest BCUT2D eigenvalue weighted by atomic mass is 9.84. The number of Topliss-reactive ketones (excluding diaryl/α,β-unsaturated/α-hetero) is 1. The monoisotopic (exact) mass is 239 g/mol. The van der Waals surface area contributed by atoms with E-state index < -0.39 is 0 Å². The lowest BCUT2D eigenvalue weighted by molar-refractivity contribution is -0.120. The number of carbonyl (C=O) groups is 1. The molecule has 1 fully saturated rings. The van der Waals surface area contributed by atoms with E-state index in [2.05, 4.69) is 6.92 Å². The summed E-state index contributed by atoms with van der Waals surface area (Å²) in [6.45, 7) is 2.96. The second-order valence-electron chi connectivity index (χ2n) is 5.64. The predicted octanol–water partition coefficient (Wildman–Crippen LogP) is 3.68. The van der Waals surface area contributed by atoms with Gasteiger partial charge in [0.2, 0.25) is 0 Å². The van der Waals surface area contributed by atoms with Crippen LogP contribution in [0.2, 0.25) is 0 Å². The van der Waals surface area contributed by atoms with Gasteiger partial charge in [-0.2, -0.15) is 0 Å². The molecular formula is C15H29NO. The first-order valence-electron chi connectivity index (χ1n) is 7.48. The van der Waals surface area contributed by atoms with Gasteiger partial charge < -0.3 is 5.73 Å². The molecule has 0 spiro atoms. The first-order valence-corrected chi connectivity index (χ1v) is 7.48. The molecule has 0 aromatic carbocycles. The molecule has 17 heavy (non-hydrogen) atoms. The van der Waals surface area contributed by atoms with Crippen LogP contribution in [0.15, 0.2) is 0 Å². The van der Waals surface area contributed by atoms with E-state index in [9.17, 15) is 4.79 Å². The Hall–Kier alpha value is -0.370. The van der Waals surface area contributed by atoms with Crippen LogP contribution in [0, 0.1) is 11.8 Å². The zero-order valence-corrected chi connectivity index (χ0v) is 11.4. The van der Waals surface area contributed by atoms with Crippen molar-refractivity contribution in [2.45, 2.75) is 71.1 Å². The minimum Gasteiger partial charge on any atom is -0.330 e. The summed E-state index contributed by atoms with van der Waals surface area (Å²) < 4.78 is 0. The SMILES string of the molecule is CCC(CCN)CCC(=O)CC1CCCCC1. The average Bonchev–Trinajstić information content (AvgIpc) is 2.35. The van der Waals surface area contributed by atoms with Crippen molar-refractivity contribution < 1.29 is 4.79 Å². The topological polar surface area (TPSA) is 43.1 Å². The van der Waals surface area contributed by atoms with Gasteiger partial charge >= 0.3 is 0 Å². The van der Waals surface area contributed by atoms with Crippen molar-refractivity contribution in [2.24, 2.45) is 17.6 Å². The Morgan fingerprint density at radius 3 is 2.53 bits per heavy atom. The van der Waals surface area contributed by atoms with Gasteiger partial charge in [-0.05, 0) is 31.2 Å². The van der Waals surface area contributed by atoms with Crippen LogP contribution in [0.3, 0.4) is 0 Å². The third-order valence-electron chi connectivity index (χ3n) is 4.22. The van der Waals surface area contributed by atoms with E-state index in [0.717, 1.165) is 38.6 Å². The number of rotatable bonds is 8. The van der Waals surface area contributed by atoms with E-state index in [1.54, 1.807) is 0 Å². The summed E-state index contributed by atoms with van der Waals surface area (Å²) in [7, 11) is 0. The average molecular weight is 239 g/mol. The molecule has 1 aliphatic rings. The standard InChI is InChI=1S/C15H29NO/c1-2-13(10-11-16)8-9-15(17)12-14-6-4-3-5-7-14/h13-14H,2-12,16H2,1H3. The zero-order valence-electron chi connectivity index (χ0n) is 11.4. The number of ketones is 1. The van der Waals surface area contributed by atoms with Crippen LogP contribution in [0.4, 0.5) is 0 Å². The zero-order chi connectivity index (χ0) is 12.5. The van der Waals surface area contributed by atoms with Crippen molar-refractivity contribution in [1.82, 2.24) is 0 Å². The van der Waals surface area contributed by atoms with E-state index >= 15 is 0 Å². The highest BCUT2D eigenvalue weighted by Gasteiger charge is 2.17. The van der Waals surface area contributed by atoms with Crippen molar-refractivity contribution in [1.29, 1.82) is 0 Å². The van der Waals surface area contributed by atoms with Crippen molar-refractivity contribution in [3.05, 3.63) is 0 Å². The first-order chi connectivity index (χ1) is 8.26. The number of hydrogen-bond donors (Lipinski definition) is 1. The van der Waals surface area contributed by atoms with Gasteiger partial charge in [-0.25, -0.2) is 0 Å². The van der Waals surface area contributed by atoms with Crippen LogP contribution in [-0.4, -0.2) is 12.3 Å². The Bertz CT molecular complexity index is 209. The Kier molecular flexibility index (Phi) is 7.50. The predicted molar refractivity (Wildman–Crippen MR) is 72.9 cm³/mol. The fourth-order valence-electron chi connectivity index (χ4n) is 2.97. The molecular weight excluding hydrogens is 210 g/mol. The normalized spacial score (nSPS) is 19.2. The van der Waals surface area contributed by atoms with Crippen LogP contribution < -0.4 is 5.73 Å². The molecule has 0 heterocycles. The third kappa shape index (κ3) is 6.21. The smallest absolute Gasteiger partial charge is 0.133 e. The minimum atomic E-state index is 0.493. The molecule has 0 aromatic heterocycles. The van der Waals surface area contributed by atoms with Crippen molar-refractivity contribution in [3.63, 3.8) is 0 Å². The molecule has 0 saturated heterocycles. The Morgan fingerprint density at radius 2 is 1.94 bits per heavy atom. The largest absolute Gasteiger partial charge is 0.330 e. The molecule has 0 aromatic rings. The molecule has 100 valence electrons. The molecule has 1 rings (SSSR count). The van der Waals surface area contributed by atoms with Crippen LogP contribution in [0.1, 0.15) is 71.1 Å². The van der Waals surface area contributed by atoms with E-state index in [0.29, 0.717) is 17.6 Å². The van der Waals surface area contributed by atoms with Gasteiger partial charge in [0.05, 0.1) is 0 Å². The quantitative estimate of drug-likeness (QED) is 0.702. The van der Waals surface area contributed by atoms with Gasteiger partial charge in [-0.1, -0.05) is 45.4 Å². The lowest BCUT2D eigenvalue weighted by Gasteiger charge is -2.21. The van der Waals surface area contributed by atoms with Crippen molar-refractivity contribution in [2.75, 3.05) is 6.54 Å². The van der Waals surface area contributed by atoms with Crippen LogP contribution in [-0.2, 0) is 4.79 Å². The molecule has 0 bridgehead atoms. The summed E-state index contributed by atoms with van der Waals surface area (Å²) in [6.07, 6.45) is 11.5. The Morgan fingerprint density at radius 1 is 1.24 bits per heavy atom. The van der Waals surface area contributed by atoms with E-state index in [4.69, 9.17) is 5.73 Å². The molecule has 0 radical (unpaired) electrons. The molecule has 2 heteroatoms. The molecule has 2 nitrogen and oxygen atoms in total. The van der Waals surface area contributed by atoms with E-state index in [1.165, 1.54) is 32.1 Å². The van der Waals surface area contributed by atoms with Crippen LogP contribution in [0.5, 0.6) is 0 Å². The molecule has 0 amide bonds. The molecule has 0 aliphatic heterocycles. The third-order valence-corrected chi connectivity index (χ3v) is 4.22. The van der Waals surface area contributed by atoms with Gasteiger partial charge in [0.15, 0.2) is 0 Å². The second-order valence-corrected chi connectivity index (χ2v) is 5.64. The lowest BCUT2D eigenvalue weighted by Crippen LogP contribution is -2.14. The molecule has 1 atom stereocenters. The fourth-order valence-corrected chi connectivity index (χ4v) is 2.97. The first kappa shape index (κ1) is 14.7. The number of nitrogens with two attached hydrogens (primary N) is 1. The van der Waals surface area contributed by atoms with Gasteiger partial charge in [-0.15, -0.1) is 0 Å². The van der Waals surface area contributed by atoms with Gasteiger partial charge in [0.25, 0.3) is 0 Å². The van der Waals surface area contributed by atoms with Crippen molar-refractivity contribution >= 4 is 5.78 Å². The summed E-state index contributed by atoms with van der Waals surface area (Å²) >= 11 is 0. The van der Waals surface area contributed by atoms with Crippen LogP contribution in [0.25, 0.3) is 0 Å². The van der Waals surface area contributed by atoms with E-state index in [-0.39, 0.29) is 0 Å². The highest BCUT2D eigenvalue weighted by molar-refractivity contribution is 5.78. The van der Waals surface area contributed by atoms with Gasteiger partial charge in [0, 0.05) is 12.8 Å². The Balaban J connectivity index is 2.14. The maximum atomic E-state index is 11.9. The van der Waals surface area contributed by atoms with Gasteiger partial charge in [-0.3, -0.25) is 4.79 Å². The van der Waals surface area contributed by atoms with Crippen LogP contribution >= 0.6 is 0 Å². The number of carbonyl (C=O) groups excluding carboxylic acids is 1. The molecule has 1 aliphatic carbocycles. The minimum absolute atomic E-state index is 0.493. The number of hydrogen-bond acceptors (Lipinski definition) is 2. The molecule has 1 saturated carbocycles. The second kappa shape index (κ2) is 8.68. The molecule has 2 N–H and O–H groups in total. The highest BCUT2D eigenvalue weighted by atomic mass is 16.1. The Labute approximate surface area is 106 Å². The summed E-state index contributed by atoms with van der Waals surface area (Å²) in [5, 5.41) is 0. The highest BCUT2D eigenvalue weighted by Crippen LogP contribution is 2.27. The summed E-state index contributed by atoms with van der Waals surface area (Å²) in [6, 6.07) is 0. The maximum Gasteiger partial charge on any atom is 0.133 e.